The molecule has 76 valence electrons. The zero-order valence-corrected chi connectivity index (χ0v) is 9.11. The molecule has 2 rings (SSSR count). The van der Waals surface area contributed by atoms with Crippen LogP contribution in [0.3, 0.4) is 0 Å². The lowest BCUT2D eigenvalue weighted by Crippen LogP contribution is -1.91. The van der Waals surface area contributed by atoms with Crippen molar-refractivity contribution in [3.05, 3.63) is 47.1 Å². The summed E-state index contributed by atoms with van der Waals surface area (Å²) in [6.45, 7) is 0. The maximum Gasteiger partial charge on any atom is 0.255 e. The van der Waals surface area contributed by atoms with Crippen LogP contribution in [0.15, 0.2) is 41.3 Å². The minimum atomic E-state index is -0.502. The van der Waals surface area contributed by atoms with Gasteiger partial charge in [-0.15, -0.1) is 0 Å². The van der Waals surface area contributed by atoms with Gasteiger partial charge in [-0.05, 0) is 34.1 Å². The van der Waals surface area contributed by atoms with E-state index in [0.717, 1.165) is 4.47 Å². The fourth-order valence-electron chi connectivity index (χ4n) is 1.01. The molecule has 3 nitrogen and oxygen atoms in total. The molecule has 0 atom stereocenters. The smallest absolute Gasteiger partial charge is 0.255 e. The van der Waals surface area contributed by atoms with Gasteiger partial charge in [0, 0.05) is 16.9 Å². The van der Waals surface area contributed by atoms with E-state index in [1.54, 1.807) is 12.3 Å². The quantitative estimate of drug-likeness (QED) is 0.839. The number of aromatic nitrogens is 2. The van der Waals surface area contributed by atoms with E-state index in [1.165, 1.54) is 24.5 Å². The van der Waals surface area contributed by atoms with Crippen LogP contribution in [0.1, 0.15) is 0 Å². The molecule has 0 aliphatic rings. The largest absolute Gasteiger partial charge is 0.435 e. The molecule has 15 heavy (non-hydrogen) atoms. The summed E-state index contributed by atoms with van der Waals surface area (Å²) >= 11 is 3.24. The van der Waals surface area contributed by atoms with Crippen LogP contribution in [0.25, 0.3) is 0 Å². The van der Waals surface area contributed by atoms with Gasteiger partial charge in [-0.1, -0.05) is 0 Å². The van der Waals surface area contributed by atoms with Gasteiger partial charge in [-0.25, -0.2) is 9.37 Å². The molecule has 0 bridgehead atoms. The van der Waals surface area contributed by atoms with E-state index in [4.69, 9.17) is 4.74 Å². The van der Waals surface area contributed by atoms with Crippen LogP contribution in [-0.2, 0) is 0 Å². The van der Waals surface area contributed by atoms with Gasteiger partial charge in [-0.2, -0.15) is 0 Å². The second-order valence-corrected chi connectivity index (χ2v) is 3.65. The van der Waals surface area contributed by atoms with Crippen LogP contribution in [0.5, 0.6) is 11.6 Å². The lowest BCUT2D eigenvalue weighted by atomic mass is 10.4. The highest BCUT2D eigenvalue weighted by Crippen LogP contribution is 2.23. The normalized spacial score (nSPS) is 10.0. The van der Waals surface area contributed by atoms with Crippen molar-refractivity contribution in [1.82, 2.24) is 9.97 Å². The van der Waals surface area contributed by atoms with Crippen molar-refractivity contribution in [2.24, 2.45) is 0 Å². The van der Waals surface area contributed by atoms with Crippen LogP contribution in [0, 0.1) is 5.82 Å². The highest BCUT2D eigenvalue weighted by molar-refractivity contribution is 9.10. The molecule has 0 amide bonds. The topological polar surface area (TPSA) is 35.0 Å². The fourth-order valence-corrected chi connectivity index (χ4v) is 1.35. The fraction of sp³-hybridized carbons (Fsp3) is 0. The first-order chi connectivity index (χ1) is 7.25. The minimum absolute atomic E-state index is 0.0580. The summed E-state index contributed by atoms with van der Waals surface area (Å²) in [5, 5.41) is 0. The van der Waals surface area contributed by atoms with Crippen molar-refractivity contribution in [3.8, 4) is 11.6 Å². The molecule has 0 aromatic carbocycles. The van der Waals surface area contributed by atoms with E-state index in [9.17, 15) is 4.39 Å². The second kappa shape index (κ2) is 4.35. The van der Waals surface area contributed by atoms with Gasteiger partial charge in [0.05, 0.1) is 6.20 Å². The van der Waals surface area contributed by atoms with E-state index < -0.39 is 5.82 Å². The number of halogens is 2. The SMILES string of the molecule is Fc1cccnc1Oc1cncc(Br)c1. The van der Waals surface area contributed by atoms with E-state index in [0.29, 0.717) is 5.75 Å². The molecule has 2 aromatic rings. The van der Waals surface area contributed by atoms with Crippen molar-refractivity contribution in [2.45, 2.75) is 0 Å². The van der Waals surface area contributed by atoms with E-state index in [2.05, 4.69) is 25.9 Å². The first-order valence-corrected chi connectivity index (χ1v) is 4.94. The molecular weight excluding hydrogens is 263 g/mol. The first kappa shape index (κ1) is 10.0. The number of rotatable bonds is 2. The van der Waals surface area contributed by atoms with Gasteiger partial charge in [0.15, 0.2) is 5.82 Å². The Balaban J connectivity index is 2.26. The third-order valence-electron chi connectivity index (χ3n) is 1.62. The molecule has 0 saturated heterocycles. The maximum atomic E-state index is 13.2. The molecule has 0 fully saturated rings. The molecule has 0 spiro atoms. The summed E-state index contributed by atoms with van der Waals surface area (Å²) in [4.78, 5) is 7.65. The molecule has 2 heterocycles. The Morgan fingerprint density at radius 2 is 2.20 bits per heavy atom. The molecule has 0 aliphatic heterocycles. The summed E-state index contributed by atoms with van der Waals surface area (Å²) in [5.41, 5.74) is 0. The Labute approximate surface area is 94.1 Å². The van der Waals surface area contributed by atoms with Gasteiger partial charge in [0.2, 0.25) is 0 Å². The Hall–Kier alpha value is -1.49. The van der Waals surface area contributed by atoms with Crippen molar-refractivity contribution >= 4 is 15.9 Å². The minimum Gasteiger partial charge on any atom is -0.435 e. The monoisotopic (exact) mass is 268 g/mol. The molecule has 0 saturated carbocycles. The predicted octanol–water partition coefficient (Wildman–Crippen LogP) is 3.17. The molecule has 0 radical (unpaired) electrons. The third kappa shape index (κ3) is 2.50. The zero-order valence-electron chi connectivity index (χ0n) is 7.52. The third-order valence-corrected chi connectivity index (χ3v) is 2.05. The van der Waals surface area contributed by atoms with E-state index in [1.807, 2.05) is 0 Å². The van der Waals surface area contributed by atoms with Gasteiger partial charge in [0.1, 0.15) is 5.75 Å². The average Bonchev–Trinajstić information content (AvgIpc) is 2.22. The van der Waals surface area contributed by atoms with Crippen molar-refractivity contribution in [2.75, 3.05) is 0 Å². The molecule has 0 unspecified atom stereocenters. The van der Waals surface area contributed by atoms with Gasteiger partial charge >= 0.3 is 0 Å². The number of hydrogen-bond donors (Lipinski definition) is 0. The highest BCUT2D eigenvalue weighted by Gasteiger charge is 2.05. The Morgan fingerprint density at radius 3 is 2.93 bits per heavy atom. The molecule has 0 aliphatic carbocycles. The summed E-state index contributed by atoms with van der Waals surface area (Å²) in [5.74, 6) is -0.128. The zero-order chi connectivity index (χ0) is 10.7. The molecule has 2 aromatic heterocycles. The van der Waals surface area contributed by atoms with Crippen LogP contribution in [0.2, 0.25) is 0 Å². The number of nitrogens with zero attached hydrogens (tertiary/aromatic N) is 2. The van der Waals surface area contributed by atoms with Crippen molar-refractivity contribution in [3.63, 3.8) is 0 Å². The van der Waals surface area contributed by atoms with Gasteiger partial charge in [-0.3, -0.25) is 4.98 Å². The summed E-state index contributed by atoms with van der Waals surface area (Å²) in [6, 6.07) is 4.47. The summed E-state index contributed by atoms with van der Waals surface area (Å²) < 4.78 is 19.1. The maximum absolute atomic E-state index is 13.2. The summed E-state index contributed by atoms with van der Waals surface area (Å²) in [7, 11) is 0. The lowest BCUT2D eigenvalue weighted by Gasteiger charge is -2.04. The van der Waals surface area contributed by atoms with Crippen LogP contribution in [-0.4, -0.2) is 9.97 Å². The standard InChI is InChI=1S/C10H6BrFN2O/c11-7-4-8(6-13-5-7)15-10-9(12)2-1-3-14-10/h1-6H. The molecular formula is C10H6BrFN2O. The van der Waals surface area contributed by atoms with Crippen molar-refractivity contribution < 1.29 is 9.13 Å². The van der Waals surface area contributed by atoms with Crippen LogP contribution >= 0.6 is 15.9 Å². The average molecular weight is 269 g/mol. The highest BCUT2D eigenvalue weighted by atomic mass is 79.9. The van der Waals surface area contributed by atoms with E-state index >= 15 is 0 Å². The van der Waals surface area contributed by atoms with Crippen LogP contribution in [0.4, 0.5) is 4.39 Å². The summed E-state index contributed by atoms with van der Waals surface area (Å²) in [6.07, 6.45) is 4.56. The van der Waals surface area contributed by atoms with Crippen molar-refractivity contribution in [1.29, 1.82) is 0 Å². The number of hydrogen-bond acceptors (Lipinski definition) is 3. The Kier molecular flexibility index (Phi) is 2.91. The Bertz CT molecular complexity index is 478. The molecule has 5 heteroatoms. The predicted molar refractivity (Wildman–Crippen MR) is 56.2 cm³/mol. The second-order valence-electron chi connectivity index (χ2n) is 2.73. The molecule has 0 N–H and O–H groups in total. The van der Waals surface area contributed by atoms with Gasteiger partial charge in [0.25, 0.3) is 5.88 Å². The number of pyridine rings is 2. The number of ether oxygens (including phenoxy) is 1. The Morgan fingerprint density at radius 1 is 1.33 bits per heavy atom. The van der Waals surface area contributed by atoms with Gasteiger partial charge < -0.3 is 4.74 Å². The lowest BCUT2D eigenvalue weighted by molar-refractivity contribution is 0.421. The van der Waals surface area contributed by atoms with E-state index in [-0.39, 0.29) is 5.88 Å². The van der Waals surface area contributed by atoms with Crippen LogP contribution < -0.4 is 4.74 Å². The first-order valence-electron chi connectivity index (χ1n) is 4.14.